The second-order valence-electron chi connectivity index (χ2n) is 6.20. The monoisotopic (exact) mass is 342 g/mol. The summed E-state index contributed by atoms with van der Waals surface area (Å²) in [5, 5.41) is 3.51. The predicted molar refractivity (Wildman–Crippen MR) is 96.5 cm³/mol. The van der Waals surface area contributed by atoms with Gasteiger partial charge >= 0.3 is 0 Å². The molecule has 1 aliphatic heterocycles. The van der Waals surface area contributed by atoms with Crippen LogP contribution in [-0.2, 0) is 9.59 Å². The minimum absolute atomic E-state index is 0.0562. The van der Waals surface area contributed by atoms with Crippen LogP contribution in [0.3, 0.4) is 0 Å². The van der Waals surface area contributed by atoms with Crippen molar-refractivity contribution in [2.75, 3.05) is 16.8 Å². The number of anilines is 2. The lowest BCUT2D eigenvalue weighted by molar-refractivity contribution is -0.122. The van der Waals surface area contributed by atoms with E-state index in [9.17, 15) is 9.59 Å². The Morgan fingerprint density at radius 3 is 2.71 bits per heavy atom. The van der Waals surface area contributed by atoms with Crippen molar-refractivity contribution in [3.63, 3.8) is 0 Å². The minimum Gasteiger partial charge on any atom is -0.326 e. The van der Waals surface area contributed by atoms with Crippen molar-refractivity contribution in [1.29, 1.82) is 0 Å². The Kier molecular flexibility index (Phi) is 4.58. The van der Waals surface area contributed by atoms with Gasteiger partial charge in [-0.2, -0.15) is 0 Å². The van der Waals surface area contributed by atoms with E-state index in [4.69, 9.17) is 11.6 Å². The number of nitrogens with zero attached hydrogens (tertiary/aromatic N) is 1. The fourth-order valence-electron chi connectivity index (χ4n) is 2.85. The molecule has 4 nitrogen and oxygen atoms in total. The van der Waals surface area contributed by atoms with Crippen molar-refractivity contribution >= 4 is 34.8 Å². The molecule has 0 aliphatic carbocycles. The van der Waals surface area contributed by atoms with E-state index in [2.05, 4.69) is 5.32 Å². The summed E-state index contributed by atoms with van der Waals surface area (Å²) in [7, 11) is 0. The van der Waals surface area contributed by atoms with E-state index in [0.717, 1.165) is 22.5 Å². The molecule has 2 aromatic carbocycles. The van der Waals surface area contributed by atoms with E-state index in [1.165, 1.54) is 0 Å². The molecular weight excluding hydrogens is 324 g/mol. The average Bonchev–Trinajstić information content (AvgIpc) is 2.92. The molecule has 0 bridgehead atoms. The van der Waals surface area contributed by atoms with Crippen molar-refractivity contribution in [3.8, 4) is 0 Å². The molecule has 1 saturated heterocycles. The Balaban J connectivity index is 1.72. The van der Waals surface area contributed by atoms with E-state index in [1.807, 2.05) is 50.2 Å². The van der Waals surface area contributed by atoms with Crippen LogP contribution in [0.15, 0.2) is 42.5 Å². The number of carbonyl (C=O) groups excluding carboxylic acids is 2. The number of rotatable bonds is 3. The normalized spacial score (nSPS) is 17.2. The van der Waals surface area contributed by atoms with Crippen LogP contribution >= 0.6 is 11.6 Å². The molecule has 0 aromatic heterocycles. The Morgan fingerprint density at radius 2 is 2.00 bits per heavy atom. The molecule has 2 aromatic rings. The van der Waals surface area contributed by atoms with Crippen LogP contribution in [0.2, 0.25) is 5.02 Å². The molecule has 3 rings (SSSR count). The van der Waals surface area contributed by atoms with Crippen LogP contribution in [0.5, 0.6) is 0 Å². The van der Waals surface area contributed by atoms with E-state index < -0.39 is 0 Å². The number of benzene rings is 2. The van der Waals surface area contributed by atoms with E-state index >= 15 is 0 Å². The number of hydrogen-bond donors (Lipinski definition) is 1. The van der Waals surface area contributed by atoms with Gasteiger partial charge in [-0.15, -0.1) is 0 Å². The molecule has 24 heavy (non-hydrogen) atoms. The summed E-state index contributed by atoms with van der Waals surface area (Å²) in [6.45, 7) is 4.25. The number of amides is 2. The molecule has 1 N–H and O–H groups in total. The highest BCUT2D eigenvalue weighted by Crippen LogP contribution is 2.29. The number of carbonyl (C=O) groups is 2. The standard InChI is InChI=1S/C19H19ClN2O2/c1-12-4-3-5-15(8-12)21-19(24)14-9-18(23)22(11-14)16-7-6-13(2)17(20)10-16/h3-8,10,14H,9,11H2,1-2H3,(H,21,24)/t14-/m0/s1. The molecule has 1 atom stereocenters. The number of aryl methyl sites for hydroxylation is 2. The van der Waals surface area contributed by atoms with Crippen LogP contribution in [0.1, 0.15) is 17.5 Å². The van der Waals surface area contributed by atoms with Gasteiger partial charge in [-0.3, -0.25) is 9.59 Å². The smallest absolute Gasteiger partial charge is 0.229 e. The van der Waals surface area contributed by atoms with Crippen LogP contribution in [0, 0.1) is 19.8 Å². The first-order valence-electron chi connectivity index (χ1n) is 7.88. The first-order chi connectivity index (χ1) is 11.4. The number of nitrogens with one attached hydrogen (secondary N) is 1. The lowest BCUT2D eigenvalue weighted by Crippen LogP contribution is -2.28. The molecule has 0 radical (unpaired) electrons. The third-order valence-corrected chi connectivity index (χ3v) is 4.66. The maximum absolute atomic E-state index is 12.5. The quantitative estimate of drug-likeness (QED) is 0.918. The van der Waals surface area contributed by atoms with Gasteiger partial charge in [0.25, 0.3) is 0 Å². The van der Waals surface area contributed by atoms with Gasteiger partial charge in [0.05, 0.1) is 5.92 Å². The summed E-state index contributed by atoms with van der Waals surface area (Å²) in [5.41, 5.74) is 3.53. The van der Waals surface area contributed by atoms with Crippen molar-refractivity contribution in [2.45, 2.75) is 20.3 Å². The van der Waals surface area contributed by atoms with Gasteiger partial charge in [0.15, 0.2) is 0 Å². The van der Waals surface area contributed by atoms with Gasteiger partial charge in [0.2, 0.25) is 11.8 Å². The molecule has 1 aliphatic rings. The molecule has 5 heteroatoms. The van der Waals surface area contributed by atoms with Gasteiger partial charge in [0.1, 0.15) is 0 Å². The summed E-state index contributed by atoms with van der Waals surface area (Å²) >= 11 is 6.14. The van der Waals surface area contributed by atoms with Gasteiger partial charge in [-0.1, -0.05) is 29.8 Å². The van der Waals surface area contributed by atoms with Gasteiger partial charge in [0, 0.05) is 29.4 Å². The Bertz CT molecular complexity index is 804. The Labute approximate surface area is 146 Å². The maximum atomic E-state index is 12.5. The summed E-state index contributed by atoms with van der Waals surface area (Å²) in [6, 6.07) is 13.1. The highest BCUT2D eigenvalue weighted by molar-refractivity contribution is 6.31. The molecule has 0 spiro atoms. The van der Waals surface area contributed by atoms with Crippen molar-refractivity contribution < 1.29 is 9.59 Å². The highest BCUT2D eigenvalue weighted by atomic mass is 35.5. The highest BCUT2D eigenvalue weighted by Gasteiger charge is 2.35. The van der Waals surface area contributed by atoms with Gasteiger partial charge < -0.3 is 10.2 Å². The fourth-order valence-corrected chi connectivity index (χ4v) is 3.02. The van der Waals surface area contributed by atoms with E-state index in [0.29, 0.717) is 11.6 Å². The van der Waals surface area contributed by atoms with Crippen LogP contribution in [0.4, 0.5) is 11.4 Å². The third-order valence-electron chi connectivity index (χ3n) is 4.25. The minimum atomic E-state index is -0.363. The molecule has 124 valence electrons. The maximum Gasteiger partial charge on any atom is 0.229 e. The number of halogens is 1. The molecule has 0 saturated carbocycles. The topological polar surface area (TPSA) is 49.4 Å². The van der Waals surface area contributed by atoms with Gasteiger partial charge in [-0.05, 0) is 49.2 Å². The molecule has 2 amide bonds. The van der Waals surface area contributed by atoms with Crippen molar-refractivity contribution in [3.05, 3.63) is 58.6 Å². The zero-order valence-corrected chi connectivity index (χ0v) is 14.4. The second-order valence-corrected chi connectivity index (χ2v) is 6.60. The van der Waals surface area contributed by atoms with Crippen LogP contribution in [-0.4, -0.2) is 18.4 Å². The van der Waals surface area contributed by atoms with Crippen LogP contribution in [0.25, 0.3) is 0 Å². The predicted octanol–water partition coefficient (Wildman–Crippen LogP) is 3.95. The SMILES string of the molecule is Cc1cccc(NC(=O)[C@H]2CC(=O)N(c3ccc(C)c(Cl)c3)C2)c1. The average molecular weight is 343 g/mol. The zero-order chi connectivity index (χ0) is 17.3. The summed E-state index contributed by atoms with van der Waals surface area (Å²) in [5.74, 6) is -0.549. The third kappa shape index (κ3) is 3.44. The molecule has 0 unspecified atom stereocenters. The summed E-state index contributed by atoms with van der Waals surface area (Å²) < 4.78 is 0. The van der Waals surface area contributed by atoms with Crippen molar-refractivity contribution in [2.24, 2.45) is 5.92 Å². The molecular formula is C19H19ClN2O2. The van der Waals surface area contributed by atoms with E-state index in [1.54, 1.807) is 11.0 Å². The lowest BCUT2D eigenvalue weighted by Gasteiger charge is -2.17. The van der Waals surface area contributed by atoms with Gasteiger partial charge in [-0.25, -0.2) is 0 Å². The molecule has 1 heterocycles. The fraction of sp³-hybridized carbons (Fsp3) is 0.263. The van der Waals surface area contributed by atoms with E-state index in [-0.39, 0.29) is 24.2 Å². The lowest BCUT2D eigenvalue weighted by atomic mass is 10.1. The summed E-state index contributed by atoms with van der Waals surface area (Å²) in [4.78, 5) is 26.4. The summed E-state index contributed by atoms with van der Waals surface area (Å²) in [6.07, 6.45) is 0.211. The second kappa shape index (κ2) is 6.65. The largest absolute Gasteiger partial charge is 0.326 e. The molecule has 1 fully saturated rings. The first-order valence-corrected chi connectivity index (χ1v) is 8.26. The van der Waals surface area contributed by atoms with Crippen LogP contribution < -0.4 is 10.2 Å². The first kappa shape index (κ1) is 16.5. The van der Waals surface area contributed by atoms with Crippen molar-refractivity contribution in [1.82, 2.24) is 0 Å². The number of hydrogen-bond acceptors (Lipinski definition) is 2. The Hall–Kier alpha value is -2.33. The Morgan fingerprint density at radius 1 is 1.21 bits per heavy atom. The zero-order valence-electron chi connectivity index (χ0n) is 13.7.